The van der Waals surface area contributed by atoms with Gasteiger partial charge in [0.05, 0.1) is 5.69 Å². The summed E-state index contributed by atoms with van der Waals surface area (Å²) in [5.41, 5.74) is 10.4. The van der Waals surface area contributed by atoms with Gasteiger partial charge in [0.1, 0.15) is 0 Å². The van der Waals surface area contributed by atoms with E-state index < -0.39 is 0 Å². The van der Waals surface area contributed by atoms with Crippen molar-refractivity contribution in [3.8, 4) is 11.3 Å². The maximum Gasteiger partial charge on any atom is 0.226 e. The zero-order chi connectivity index (χ0) is 14.8. The molecule has 1 aliphatic heterocycles. The van der Waals surface area contributed by atoms with Crippen molar-refractivity contribution >= 4 is 5.95 Å². The van der Waals surface area contributed by atoms with Crippen LogP contribution >= 0.6 is 0 Å². The van der Waals surface area contributed by atoms with Gasteiger partial charge in [-0.3, -0.25) is 0 Å². The maximum atomic E-state index is 5.97. The first-order chi connectivity index (χ1) is 10.1. The Bertz CT molecular complexity index is 613. The maximum absolute atomic E-state index is 5.97. The van der Waals surface area contributed by atoms with Crippen LogP contribution in [0.1, 0.15) is 24.1 Å². The number of nitrogens with two attached hydrogens (primary N) is 1. The second kappa shape index (κ2) is 5.82. The summed E-state index contributed by atoms with van der Waals surface area (Å²) in [4.78, 5) is 11.6. The molecule has 1 aromatic carbocycles. The molecule has 0 amide bonds. The predicted molar refractivity (Wildman–Crippen MR) is 86.4 cm³/mol. The Kier molecular flexibility index (Phi) is 3.88. The summed E-state index contributed by atoms with van der Waals surface area (Å²) in [6.07, 6.45) is 2.02. The van der Waals surface area contributed by atoms with Crippen LogP contribution in [-0.4, -0.2) is 29.1 Å². The first-order valence-corrected chi connectivity index (χ1v) is 7.55. The number of hydrogen-bond acceptors (Lipinski definition) is 4. The van der Waals surface area contributed by atoms with Crippen molar-refractivity contribution in [2.75, 3.05) is 18.0 Å². The quantitative estimate of drug-likeness (QED) is 0.920. The third kappa shape index (κ3) is 3.22. The highest BCUT2D eigenvalue weighted by molar-refractivity contribution is 5.61. The van der Waals surface area contributed by atoms with E-state index in [0.29, 0.717) is 6.04 Å². The molecule has 0 atom stereocenters. The zero-order valence-electron chi connectivity index (χ0n) is 12.7. The smallest absolute Gasteiger partial charge is 0.226 e. The topological polar surface area (TPSA) is 55.0 Å². The largest absolute Gasteiger partial charge is 0.341 e. The average molecular weight is 282 g/mol. The summed E-state index contributed by atoms with van der Waals surface area (Å²) in [5.74, 6) is 0.831. The van der Waals surface area contributed by atoms with Crippen molar-refractivity contribution in [2.24, 2.45) is 5.73 Å². The Morgan fingerprint density at radius 1 is 1.05 bits per heavy atom. The second-order valence-electron chi connectivity index (χ2n) is 5.89. The molecule has 2 heterocycles. The minimum atomic E-state index is 0.322. The molecule has 2 aromatic rings. The van der Waals surface area contributed by atoms with Gasteiger partial charge in [-0.2, -0.15) is 0 Å². The number of piperidine rings is 1. The molecule has 0 aliphatic carbocycles. The lowest BCUT2D eigenvalue weighted by molar-refractivity contribution is 0.495. The van der Waals surface area contributed by atoms with Crippen molar-refractivity contribution in [3.05, 3.63) is 41.6 Å². The number of aromatic nitrogens is 2. The first kappa shape index (κ1) is 14.0. The summed E-state index contributed by atoms with van der Waals surface area (Å²) < 4.78 is 0. The summed E-state index contributed by atoms with van der Waals surface area (Å²) in [7, 11) is 0. The van der Waals surface area contributed by atoms with E-state index in [1.807, 2.05) is 13.0 Å². The average Bonchev–Trinajstić information content (AvgIpc) is 2.48. The number of aryl methyl sites for hydroxylation is 2. The molecule has 1 aromatic heterocycles. The fraction of sp³-hybridized carbons (Fsp3) is 0.412. The number of hydrogen-bond donors (Lipinski definition) is 1. The van der Waals surface area contributed by atoms with Crippen molar-refractivity contribution in [1.29, 1.82) is 0 Å². The van der Waals surface area contributed by atoms with Crippen LogP contribution in [0.3, 0.4) is 0 Å². The van der Waals surface area contributed by atoms with Gasteiger partial charge in [-0.05, 0) is 32.8 Å². The number of benzene rings is 1. The SMILES string of the molecule is Cc1ccc(-c2cc(C)nc(N3CCC(N)CC3)n2)cc1. The van der Waals surface area contributed by atoms with Crippen LogP contribution in [-0.2, 0) is 0 Å². The lowest BCUT2D eigenvalue weighted by atomic mass is 10.1. The Morgan fingerprint density at radius 3 is 2.38 bits per heavy atom. The molecule has 4 heteroatoms. The van der Waals surface area contributed by atoms with Gasteiger partial charge >= 0.3 is 0 Å². The van der Waals surface area contributed by atoms with E-state index in [9.17, 15) is 0 Å². The van der Waals surface area contributed by atoms with Crippen LogP contribution in [0.4, 0.5) is 5.95 Å². The van der Waals surface area contributed by atoms with E-state index >= 15 is 0 Å². The zero-order valence-corrected chi connectivity index (χ0v) is 12.7. The highest BCUT2D eigenvalue weighted by atomic mass is 15.3. The van der Waals surface area contributed by atoms with E-state index in [1.54, 1.807) is 0 Å². The van der Waals surface area contributed by atoms with Gasteiger partial charge in [-0.1, -0.05) is 29.8 Å². The van der Waals surface area contributed by atoms with E-state index in [-0.39, 0.29) is 0 Å². The third-order valence-corrected chi connectivity index (χ3v) is 4.01. The van der Waals surface area contributed by atoms with Gasteiger partial charge in [0.2, 0.25) is 5.95 Å². The molecule has 3 rings (SSSR count). The molecule has 2 N–H and O–H groups in total. The third-order valence-electron chi connectivity index (χ3n) is 4.01. The molecule has 0 radical (unpaired) electrons. The van der Waals surface area contributed by atoms with Gasteiger partial charge < -0.3 is 10.6 Å². The summed E-state index contributed by atoms with van der Waals surface area (Å²) in [6.45, 7) is 6.01. The fourth-order valence-corrected chi connectivity index (χ4v) is 2.67. The number of rotatable bonds is 2. The molecule has 0 saturated carbocycles. The van der Waals surface area contributed by atoms with Crippen molar-refractivity contribution in [2.45, 2.75) is 32.7 Å². The molecule has 110 valence electrons. The molecular formula is C17H22N4. The number of anilines is 1. The van der Waals surface area contributed by atoms with Crippen LogP contribution in [0.15, 0.2) is 30.3 Å². The van der Waals surface area contributed by atoms with Crippen LogP contribution in [0.5, 0.6) is 0 Å². The van der Waals surface area contributed by atoms with Crippen LogP contribution in [0.25, 0.3) is 11.3 Å². The normalized spacial score (nSPS) is 16.2. The van der Waals surface area contributed by atoms with Gasteiger partial charge in [0, 0.05) is 30.4 Å². The van der Waals surface area contributed by atoms with Gasteiger partial charge in [0.15, 0.2) is 0 Å². The van der Waals surface area contributed by atoms with Crippen molar-refractivity contribution < 1.29 is 0 Å². The highest BCUT2D eigenvalue weighted by Gasteiger charge is 2.19. The van der Waals surface area contributed by atoms with Gasteiger partial charge in [-0.15, -0.1) is 0 Å². The minimum Gasteiger partial charge on any atom is -0.341 e. The number of nitrogens with zero attached hydrogens (tertiary/aromatic N) is 3. The van der Waals surface area contributed by atoms with E-state index in [0.717, 1.165) is 48.8 Å². The first-order valence-electron chi connectivity index (χ1n) is 7.55. The Morgan fingerprint density at radius 2 is 1.71 bits per heavy atom. The van der Waals surface area contributed by atoms with Crippen LogP contribution < -0.4 is 10.6 Å². The van der Waals surface area contributed by atoms with Gasteiger partial charge in [-0.25, -0.2) is 9.97 Å². The molecule has 1 fully saturated rings. The lowest BCUT2D eigenvalue weighted by Crippen LogP contribution is -2.40. The van der Waals surface area contributed by atoms with E-state index in [1.165, 1.54) is 5.56 Å². The highest BCUT2D eigenvalue weighted by Crippen LogP contribution is 2.22. The predicted octanol–water partition coefficient (Wildman–Crippen LogP) is 2.69. The minimum absolute atomic E-state index is 0.322. The molecule has 0 spiro atoms. The van der Waals surface area contributed by atoms with E-state index in [4.69, 9.17) is 10.7 Å². The molecular weight excluding hydrogens is 260 g/mol. The van der Waals surface area contributed by atoms with Gasteiger partial charge in [0.25, 0.3) is 0 Å². The van der Waals surface area contributed by atoms with Crippen LogP contribution in [0, 0.1) is 13.8 Å². The molecule has 0 unspecified atom stereocenters. The summed E-state index contributed by atoms with van der Waals surface area (Å²) >= 11 is 0. The Labute approximate surface area is 126 Å². The Hall–Kier alpha value is -1.94. The van der Waals surface area contributed by atoms with Crippen molar-refractivity contribution in [1.82, 2.24) is 9.97 Å². The monoisotopic (exact) mass is 282 g/mol. The van der Waals surface area contributed by atoms with Crippen molar-refractivity contribution in [3.63, 3.8) is 0 Å². The second-order valence-corrected chi connectivity index (χ2v) is 5.89. The van der Waals surface area contributed by atoms with Crippen LogP contribution in [0.2, 0.25) is 0 Å². The lowest BCUT2D eigenvalue weighted by Gasteiger charge is -2.30. The van der Waals surface area contributed by atoms with E-state index in [2.05, 4.69) is 41.1 Å². The molecule has 0 bridgehead atoms. The molecule has 1 aliphatic rings. The molecule has 21 heavy (non-hydrogen) atoms. The summed E-state index contributed by atoms with van der Waals surface area (Å²) in [5, 5.41) is 0. The fourth-order valence-electron chi connectivity index (χ4n) is 2.67. The molecule has 1 saturated heterocycles. The standard InChI is InChI=1S/C17H22N4/c1-12-3-5-14(6-4-12)16-11-13(2)19-17(20-16)21-9-7-15(18)8-10-21/h3-6,11,15H,7-10,18H2,1-2H3. The summed E-state index contributed by atoms with van der Waals surface area (Å²) in [6, 6.07) is 10.8. The molecule has 4 nitrogen and oxygen atoms in total. The Balaban J connectivity index is 1.91.